The Kier molecular flexibility index (Phi) is 5.11. The molecule has 1 heterocycles. The van der Waals surface area contributed by atoms with E-state index in [2.05, 4.69) is 6.07 Å². The molecular weight excluding hydrogens is 283 g/mol. The molecule has 0 unspecified atom stereocenters. The zero-order valence-electron chi connectivity index (χ0n) is 10.4. The fourth-order valence-electron chi connectivity index (χ4n) is 1.89. The smallest absolute Gasteiger partial charge is 0.137 e. The molecule has 2 rings (SSSR count). The number of hydrogen-bond donors (Lipinski definition) is 0. The van der Waals surface area contributed by atoms with Gasteiger partial charge >= 0.3 is 0 Å². The lowest BCUT2D eigenvalue weighted by Crippen LogP contribution is -2.05. The van der Waals surface area contributed by atoms with Crippen LogP contribution >= 0.6 is 22.9 Å². The summed E-state index contributed by atoms with van der Waals surface area (Å²) in [6, 6.07) is 8.38. The van der Waals surface area contributed by atoms with Gasteiger partial charge in [0.05, 0.1) is 0 Å². The zero-order chi connectivity index (χ0) is 13.7. The van der Waals surface area contributed by atoms with E-state index in [9.17, 15) is 9.18 Å². The summed E-state index contributed by atoms with van der Waals surface area (Å²) in [7, 11) is 0. The minimum absolute atomic E-state index is 0.0534. The van der Waals surface area contributed by atoms with E-state index in [4.69, 9.17) is 11.6 Å². The number of hydrogen-bond acceptors (Lipinski definition) is 2. The standard InChI is InChI=1S/C15H14ClFOS/c16-12-6-7-15(17)11(9-12)10-13(18)3-1-4-14-5-2-8-19-14/h2,5-9H,1,3-4,10H2. The SMILES string of the molecule is O=C(CCCc1cccs1)Cc1cc(Cl)ccc1F. The first-order valence-electron chi connectivity index (χ1n) is 6.13. The van der Waals surface area contributed by atoms with Gasteiger partial charge in [-0.1, -0.05) is 17.7 Å². The van der Waals surface area contributed by atoms with E-state index in [0.29, 0.717) is 17.0 Å². The van der Waals surface area contributed by atoms with Crippen molar-refractivity contribution in [1.29, 1.82) is 0 Å². The average Bonchev–Trinajstić information content (AvgIpc) is 2.87. The van der Waals surface area contributed by atoms with Crippen LogP contribution in [0.2, 0.25) is 5.02 Å². The van der Waals surface area contributed by atoms with E-state index in [1.807, 2.05) is 11.4 Å². The van der Waals surface area contributed by atoms with Gasteiger partial charge < -0.3 is 0 Å². The maximum atomic E-state index is 13.5. The van der Waals surface area contributed by atoms with Crippen LogP contribution in [0.1, 0.15) is 23.3 Å². The monoisotopic (exact) mass is 296 g/mol. The number of aryl methyl sites for hydroxylation is 1. The Morgan fingerprint density at radius 2 is 2.16 bits per heavy atom. The minimum atomic E-state index is -0.365. The second kappa shape index (κ2) is 6.83. The number of carbonyl (C=O) groups excluding carboxylic acids is 1. The average molecular weight is 297 g/mol. The lowest BCUT2D eigenvalue weighted by atomic mass is 10.0. The van der Waals surface area contributed by atoms with Crippen molar-refractivity contribution in [3.8, 4) is 0 Å². The molecule has 0 bridgehead atoms. The van der Waals surface area contributed by atoms with Gasteiger partial charge in [0.15, 0.2) is 0 Å². The van der Waals surface area contributed by atoms with Gasteiger partial charge in [-0.3, -0.25) is 4.79 Å². The second-order valence-corrected chi connectivity index (χ2v) is 5.85. The lowest BCUT2D eigenvalue weighted by Gasteiger charge is -2.03. The number of rotatable bonds is 6. The van der Waals surface area contributed by atoms with E-state index in [0.717, 1.165) is 12.8 Å². The van der Waals surface area contributed by atoms with Crippen LogP contribution in [0.3, 0.4) is 0 Å². The van der Waals surface area contributed by atoms with Crippen molar-refractivity contribution in [3.63, 3.8) is 0 Å². The van der Waals surface area contributed by atoms with Crippen molar-refractivity contribution >= 4 is 28.7 Å². The Morgan fingerprint density at radius 1 is 1.32 bits per heavy atom. The van der Waals surface area contributed by atoms with Gasteiger partial charge in [-0.05, 0) is 48.1 Å². The van der Waals surface area contributed by atoms with Gasteiger partial charge in [0.1, 0.15) is 11.6 Å². The number of halogens is 2. The highest BCUT2D eigenvalue weighted by Crippen LogP contribution is 2.17. The van der Waals surface area contributed by atoms with E-state index in [-0.39, 0.29) is 18.0 Å². The summed E-state index contributed by atoms with van der Waals surface area (Å²) in [5, 5.41) is 2.49. The summed E-state index contributed by atoms with van der Waals surface area (Å²) < 4.78 is 13.5. The number of thiophene rings is 1. The van der Waals surface area contributed by atoms with Gasteiger partial charge in [-0.25, -0.2) is 4.39 Å². The molecule has 0 amide bonds. The fourth-order valence-corrected chi connectivity index (χ4v) is 2.84. The van der Waals surface area contributed by atoms with Gasteiger partial charge in [0.25, 0.3) is 0 Å². The molecule has 1 nitrogen and oxygen atoms in total. The van der Waals surface area contributed by atoms with Gasteiger partial charge in [-0.15, -0.1) is 11.3 Å². The van der Waals surface area contributed by atoms with Crippen LogP contribution < -0.4 is 0 Å². The second-order valence-electron chi connectivity index (χ2n) is 4.38. The molecule has 1 aromatic carbocycles. The Bertz CT molecular complexity index is 551. The normalized spacial score (nSPS) is 10.6. The van der Waals surface area contributed by atoms with Crippen LogP contribution in [-0.4, -0.2) is 5.78 Å². The Morgan fingerprint density at radius 3 is 2.89 bits per heavy atom. The molecule has 0 saturated heterocycles. The van der Waals surface area contributed by atoms with Crippen LogP contribution in [0, 0.1) is 5.82 Å². The van der Waals surface area contributed by atoms with Crippen LogP contribution in [0.4, 0.5) is 4.39 Å². The number of ketones is 1. The molecule has 1 aromatic heterocycles. The highest BCUT2D eigenvalue weighted by Gasteiger charge is 2.09. The third-order valence-corrected chi connectivity index (χ3v) is 4.03. The topological polar surface area (TPSA) is 17.1 Å². The van der Waals surface area contributed by atoms with Crippen LogP contribution in [-0.2, 0) is 17.6 Å². The molecule has 4 heteroatoms. The zero-order valence-corrected chi connectivity index (χ0v) is 11.9. The van der Waals surface area contributed by atoms with Crippen molar-refractivity contribution < 1.29 is 9.18 Å². The van der Waals surface area contributed by atoms with Crippen molar-refractivity contribution in [1.82, 2.24) is 0 Å². The lowest BCUT2D eigenvalue weighted by molar-refractivity contribution is -0.118. The Labute approximate surface area is 121 Å². The molecule has 2 aromatic rings. The van der Waals surface area contributed by atoms with Crippen molar-refractivity contribution in [2.24, 2.45) is 0 Å². The molecule has 0 aliphatic heterocycles. The van der Waals surface area contributed by atoms with Crippen molar-refractivity contribution in [2.75, 3.05) is 0 Å². The van der Waals surface area contributed by atoms with E-state index < -0.39 is 0 Å². The van der Waals surface area contributed by atoms with Crippen molar-refractivity contribution in [3.05, 3.63) is 57.0 Å². The maximum absolute atomic E-state index is 13.5. The van der Waals surface area contributed by atoms with E-state index in [1.54, 1.807) is 11.3 Å². The van der Waals surface area contributed by atoms with Gasteiger partial charge in [-0.2, -0.15) is 0 Å². The first-order chi connectivity index (χ1) is 9.15. The molecule has 0 aliphatic carbocycles. The highest BCUT2D eigenvalue weighted by atomic mass is 35.5. The Balaban J connectivity index is 1.82. The first kappa shape index (κ1) is 14.2. The molecule has 0 fully saturated rings. The molecule has 19 heavy (non-hydrogen) atoms. The molecule has 0 spiro atoms. The molecule has 0 radical (unpaired) electrons. The molecule has 0 aliphatic rings. The van der Waals surface area contributed by atoms with Crippen molar-refractivity contribution in [2.45, 2.75) is 25.7 Å². The molecule has 0 N–H and O–H groups in total. The van der Waals surface area contributed by atoms with E-state index in [1.165, 1.54) is 23.1 Å². The van der Waals surface area contributed by atoms with E-state index >= 15 is 0 Å². The van der Waals surface area contributed by atoms with Gasteiger partial charge in [0, 0.05) is 22.7 Å². The number of carbonyl (C=O) groups is 1. The molecule has 100 valence electrons. The number of Topliss-reactive ketones (excluding diaryl/α,β-unsaturated/α-hetero) is 1. The van der Waals surface area contributed by atoms with Crippen LogP contribution in [0.5, 0.6) is 0 Å². The summed E-state index contributed by atoms with van der Waals surface area (Å²) in [5.74, 6) is -0.311. The summed E-state index contributed by atoms with van der Waals surface area (Å²) >= 11 is 7.49. The summed E-state index contributed by atoms with van der Waals surface area (Å²) in [4.78, 5) is 13.1. The fraction of sp³-hybridized carbons (Fsp3) is 0.267. The largest absolute Gasteiger partial charge is 0.299 e. The molecule has 0 atom stereocenters. The Hall–Kier alpha value is -1.19. The third kappa shape index (κ3) is 4.44. The maximum Gasteiger partial charge on any atom is 0.137 e. The quantitative estimate of drug-likeness (QED) is 0.757. The predicted octanol–water partition coefficient (Wildman–Crippen LogP) is 4.68. The van der Waals surface area contributed by atoms with Crippen LogP contribution in [0.15, 0.2) is 35.7 Å². The number of benzene rings is 1. The van der Waals surface area contributed by atoms with Crippen LogP contribution in [0.25, 0.3) is 0 Å². The highest BCUT2D eigenvalue weighted by molar-refractivity contribution is 7.09. The summed E-state index contributed by atoms with van der Waals surface area (Å²) in [5.41, 5.74) is 0.383. The first-order valence-corrected chi connectivity index (χ1v) is 7.39. The summed E-state index contributed by atoms with van der Waals surface area (Å²) in [6.45, 7) is 0. The minimum Gasteiger partial charge on any atom is -0.299 e. The third-order valence-electron chi connectivity index (χ3n) is 2.85. The predicted molar refractivity (Wildman–Crippen MR) is 77.4 cm³/mol. The van der Waals surface area contributed by atoms with Gasteiger partial charge in [0.2, 0.25) is 0 Å². The molecule has 0 saturated carbocycles. The molecular formula is C15H14ClFOS. The summed E-state index contributed by atoms with van der Waals surface area (Å²) in [6.07, 6.45) is 2.31.